The molecule has 2 heteroatoms. The van der Waals surface area contributed by atoms with Crippen LogP contribution in [-0.2, 0) is 11.2 Å². The lowest BCUT2D eigenvalue weighted by Crippen LogP contribution is -2.27. The van der Waals surface area contributed by atoms with E-state index in [0.717, 1.165) is 19.4 Å². The van der Waals surface area contributed by atoms with Gasteiger partial charge in [-0.05, 0) is 38.0 Å². The minimum Gasteiger partial charge on any atom is -0.508 e. The monoisotopic (exact) mass is 208 g/mol. The van der Waals surface area contributed by atoms with Gasteiger partial charge in [-0.3, -0.25) is 0 Å². The van der Waals surface area contributed by atoms with Crippen LogP contribution >= 0.6 is 0 Å². The van der Waals surface area contributed by atoms with Gasteiger partial charge < -0.3 is 9.84 Å². The summed E-state index contributed by atoms with van der Waals surface area (Å²) in [5, 5.41) is 9.17. The highest BCUT2D eigenvalue weighted by Crippen LogP contribution is 2.19. The number of benzene rings is 1. The molecule has 2 nitrogen and oxygen atoms in total. The first-order valence-electron chi connectivity index (χ1n) is 5.45. The van der Waals surface area contributed by atoms with Gasteiger partial charge in [0.05, 0.1) is 5.60 Å². The van der Waals surface area contributed by atoms with Crippen LogP contribution in [0.5, 0.6) is 5.75 Å². The molecule has 0 unspecified atom stereocenters. The van der Waals surface area contributed by atoms with Gasteiger partial charge in [0.25, 0.3) is 0 Å². The van der Waals surface area contributed by atoms with E-state index in [2.05, 4.69) is 20.8 Å². The van der Waals surface area contributed by atoms with E-state index in [9.17, 15) is 0 Å². The van der Waals surface area contributed by atoms with Gasteiger partial charge >= 0.3 is 0 Å². The van der Waals surface area contributed by atoms with Crippen molar-refractivity contribution < 1.29 is 9.84 Å². The molecular weight excluding hydrogens is 188 g/mol. The van der Waals surface area contributed by atoms with E-state index in [1.807, 2.05) is 12.1 Å². The van der Waals surface area contributed by atoms with Crippen molar-refractivity contribution >= 4 is 0 Å². The largest absolute Gasteiger partial charge is 0.508 e. The van der Waals surface area contributed by atoms with Crippen LogP contribution in [0.2, 0.25) is 0 Å². The second-order valence-electron chi connectivity index (χ2n) is 4.45. The third-order valence-electron chi connectivity index (χ3n) is 2.26. The number of phenols is 1. The van der Waals surface area contributed by atoms with Crippen molar-refractivity contribution in [2.24, 2.45) is 0 Å². The Morgan fingerprint density at radius 2 is 1.80 bits per heavy atom. The van der Waals surface area contributed by atoms with E-state index in [1.54, 1.807) is 12.1 Å². The number of aromatic hydroxyl groups is 1. The quantitative estimate of drug-likeness (QED) is 0.805. The van der Waals surface area contributed by atoms with Crippen LogP contribution in [0.25, 0.3) is 0 Å². The molecule has 0 heterocycles. The number of hydrogen-bond donors (Lipinski definition) is 1. The normalized spacial score (nSPS) is 11.7. The van der Waals surface area contributed by atoms with Gasteiger partial charge in [0.15, 0.2) is 0 Å². The molecule has 1 N–H and O–H groups in total. The molecule has 0 aromatic heterocycles. The Kier molecular flexibility index (Phi) is 4.15. The zero-order chi connectivity index (χ0) is 11.3. The first kappa shape index (κ1) is 12.1. The predicted octanol–water partition coefficient (Wildman–Crippen LogP) is 3.14. The number of hydrogen-bond acceptors (Lipinski definition) is 2. The molecule has 0 saturated carbocycles. The molecule has 0 radical (unpaired) electrons. The van der Waals surface area contributed by atoms with Crippen LogP contribution in [0, 0.1) is 0 Å². The molecule has 0 fully saturated rings. The Balaban J connectivity index is 2.56. The minimum absolute atomic E-state index is 0.132. The van der Waals surface area contributed by atoms with Gasteiger partial charge in [-0.1, -0.05) is 19.1 Å². The summed E-state index contributed by atoms with van der Waals surface area (Å²) in [4.78, 5) is 0. The molecule has 1 rings (SSSR count). The van der Waals surface area contributed by atoms with Crippen molar-refractivity contribution in [3.63, 3.8) is 0 Å². The SMILES string of the molecule is CCCOC(C)(C)Cc1ccc(O)cc1. The maximum atomic E-state index is 9.17. The number of phenolic OH excluding ortho intramolecular Hbond substituents is 1. The van der Waals surface area contributed by atoms with E-state index in [-0.39, 0.29) is 5.60 Å². The molecule has 1 aromatic carbocycles. The highest BCUT2D eigenvalue weighted by molar-refractivity contribution is 5.26. The van der Waals surface area contributed by atoms with Crippen LogP contribution in [0.15, 0.2) is 24.3 Å². The molecule has 0 atom stereocenters. The zero-order valence-electron chi connectivity index (χ0n) is 9.79. The molecule has 84 valence electrons. The van der Waals surface area contributed by atoms with Crippen LogP contribution in [0.3, 0.4) is 0 Å². The lowest BCUT2D eigenvalue weighted by atomic mass is 9.98. The molecule has 0 saturated heterocycles. The molecule has 0 aliphatic heterocycles. The fraction of sp³-hybridized carbons (Fsp3) is 0.538. The van der Waals surface area contributed by atoms with Gasteiger partial charge in [-0.25, -0.2) is 0 Å². The van der Waals surface area contributed by atoms with Crippen molar-refractivity contribution in [2.45, 2.75) is 39.2 Å². The highest BCUT2D eigenvalue weighted by atomic mass is 16.5. The average Bonchev–Trinajstić information content (AvgIpc) is 2.18. The van der Waals surface area contributed by atoms with E-state index in [0.29, 0.717) is 5.75 Å². The van der Waals surface area contributed by atoms with Crippen LogP contribution in [0.4, 0.5) is 0 Å². The Morgan fingerprint density at radius 3 is 2.33 bits per heavy atom. The third-order valence-corrected chi connectivity index (χ3v) is 2.26. The maximum absolute atomic E-state index is 9.17. The smallest absolute Gasteiger partial charge is 0.115 e. The van der Waals surface area contributed by atoms with Crippen molar-refractivity contribution in [3.8, 4) is 5.75 Å². The Labute approximate surface area is 91.9 Å². The fourth-order valence-electron chi connectivity index (χ4n) is 1.53. The lowest BCUT2D eigenvalue weighted by Gasteiger charge is -2.25. The molecule has 0 amide bonds. The first-order valence-corrected chi connectivity index (χ1v) is 5.45. The van der Waals surface area contributed by atoms with Crippen molar-refractivity contribution in [2.75, 3.05) is 6.61 Å². The summed E-state index contributed by atoms with van der Waals surface area (Å²) < 4.78 is 5.75. The molecule has 1 aromatic rings. The van der Waals surface area contributed by atoms with Gasteiger partial charge in [0.2, 0.25) is 0 Å². The highest BCUT2D eigenvalue weighted by Gasteiger charge is 2.18. The molecule has 0 bridgehead atoms. The summed E-state index contributed by atoms with van der Waals surface area (Å²) in [6, 6.07) is 7.30. The molecule has 0 aliphatic rings. The summed E-state index contributed by atoms with van der Waals surface area (Å²) in [5.74, 6) is 0.311. The zero-order valence-corrected chi connectivity index (χ0v) is 9.79. The van der Waals surface area contributed by atoms with Crippen molar-refractivity contribution in [1.82, 2.24) is 0 Å². The molecule has 15 heavy (non-hydrogen) atoms. The van der Waals surface area contributed by atoms with Crippen LogP contribution in [0.1, 0.15) is 32.8 Å². The van der Waals surface area contributed by atoms with Crippen molar-refractivity contribution in [1.29, 1.82) is 0 Å². The Bertz CT molecular complexity index is 288. The van der Waals surface area contributed by atoms with Crippen LogP contribution < -0.4 is 0 Å². The topological polar surface area (TPSA) is 29.5 Å². The Morgan fingerprint density at radius 1 is 1.20 bits per heavy atom. The number of ether oxygens (including phenoxy) is 1. The average molecular weight is 208 g/mol. The summed E-state index contributed by atoms with van der Waals surface area (Å²) in [6.45, 7) is 7.09. The molecule has 0 spiro atoms. The van der Waals surface area contributed by atoms with E-state index in [1.165, 1.54) is 5.56 Å². The van der Waals surface area contributed by atoms with Gasteiger partial charge in [-0.15, -0.1) is 0 Å². The summed E-state index contributed by atoms with van der Waals surface area (Å²) >= 11 is 0. The Hall–Kier alpha value is -1.02. The maximum Gasteiger partial charge on any atom is 0.115 e. The van der Waals surface area contributed by atoms with Gasteiger partial charge in [-0.2, -0.15) is 0 Å². The summed E-state index contributed by atoms with van der Waals surface area (Å²) in [7, 11) is 0. The molecule has 0 aliphatic carbocycles. The standard InChI is InChI=1S/C13H20O2/c1-4-9-15-13(2,3)10-11-5-7-12(14)8-6-11/h5-8,14H,4,9-10H2,1-3H3. The first-order chi connectivity index (χ1) is 7.03. The second-order valence-corrected chi connectivity index (χ2v) is 4.45. The molecular formula is C13H20O2. The number of rotatable bonds is 5. The van der Waals surface area contributed by atoms with Gasteiger partial charge in [0.1, 0.15) is 5.75 Å². The van der Waals surface area contributed by atoms with E-state index in [4.69, 9.17) is 9.84 Å². The minimum atomic E-state index is -0.132. The summed E-state index contributed by atoms with van der Waals surface area (Å²) in [5.41, 5.74) is 1.06. The van der Waals surface area contributed by atoms with Gasteiger partial charge in [0, 0.05) is 13.0 Å². The fourth-order valence-corrected chi connectivity index (χ4v) is 1.53. The second kappa shape index (κ2) is 5.17. The van der Waals surface area contributed by atoms with E-state index >= 15 is 0 Å². The lowest BCUT2D eigenvalue weighted by molar-refractivity contribution is -0.0165. The summed E-state index contributed by atoms with van der Waals surface area (Å²) in [6.07, 6.45) is 1.91. The van der Waals surface area contributed by atoms with Crippen LogP contribution in [-0.4, -0.2) is 17.3 Å². The van der Waals surface area contributed by atoms with E-state index < -0.39 is 0 Å². The van der Waals surface area contributed by atoms with Crippen molar-refractivity contribution in [3.05, 3.63) is 29.8 Å². The third kappa shape index (κ3) is 4.34. The predicted molar refractivity (Wildman–Crippen MR) is 62.1 cm³/mol.